The van der Waals surface area contributed by atoms with Crippen LogP contribution in [0.3, 0.4) is 0 Å². The quantitative estimate of drug-likeness (QED) is 0.740. The summed E-state index contributed by atoms with van der Waals surface area (Å²) in [4.78, 5) is 11.8. The molecule has 0 aliphatic carbocycles. The van der Waals surface area contributed by atoms with E-state index in [1.165, 1.54) is 0 Å². The lowest BCUT2D eigenvalue weighted by Gasteiger charge is -2.29. The highest BCUT2D eigenvalue weighted by atomic mass is 32.2. The Kier molecular flexibility index (Phi) is 4.50. The molecular weight excluding hydrogens is 224 g/mol. The van der Waals surface area contributed by atoms with E-state index in [2.05, 4.69) is 5.32 Å². The van der Waals surface area contributed by atoms with Crippen LogP contribution in [0, 0.1) is 5.41 Å². The molecule has 1 atom stereocenters. The van der Waals surface area contributed by atoms with Gasteiger partial charge in [0.15, 0.2) is 0 Å². The molecule has 16 heavy (non-hydrogen) atoms. The molecule has 0 radical (unpaired) electrons. The molecule has 94 valence electrons. The molecule has 0 bridgehead atoms. The highest BCUT2D eigenvalue weighted by molar-refractivity contribution is 7.85. The Balaban J connectivity index is 2.43. The lowest BCUT2D eigenvalue weighted by atomic mass is 9.86. The van der Waals surface area contributed by atoms with E-state index in [4.69, 9.17) is 5.73 Å². The van der Waals surface area contributed by atoms with Crippen LogP contribution in [0.2, 0.25) is 0 Å². The third-order valence-electron chi connectivity index (χ3n) is 2.95. The maximum absolute atomic E-state index is 11.8. The summed E-state index contributed by atoms with van der Waals surface area (Å²) < 4.78 is 11.2. The van der Waals surface area contributed by atoms with Crippen molar-refractivity contribution < 1.29 is 9.00 Å². The number of nitrogens with two attached hydrogens (primary N) is 1. The summed E-state index contributed by atoms with van der Waals surface area (Å²) in [6, 6.07) is -0.335. The molecule has 3 N–H and O–H groups in total. The van der Waals surface area contributed by atoms with Crippen LogP contribution in [0.25, 0.3) is 0 Å². The number of nitrogens with one attached hydrogen (secondary N) is 1. The van der Waals surface area contributed by atoms with Crippen LogP contribution in [0.15, 0.2) is 0 Å². The van der Waals surface area contributed by atoms with Crippen molar-refractivity contribution in [3.8, 4) is 0 Å². The van der Waals surface area contributed by atoms with Gasteiger partial charge in [0.1, 0.15) is 0 Å². The average Bonchev–Trinajstić information content (AvgIpc) is 2.19. The van der Waals surface area contributed by atoms with Gasteiger partial charge in [-0.2, -0.15) is 0 Å². The molecule has 1 fully saturated rings. The van der Waals surface area contributed by atoms with Crippen LogP contribution < -0.4 is 11.1 Å². The first kappa shape index (κ1) is 13.6. The first-order valence-corrected chi connectivity index (χ1v) is 7.20. The smallest absolute Gasteiger partial charge is 0.237 e. The second kappa shape index (κ2) is 5.27. The van der Waals surface area contributed by atoms with Crippen molar-refractivity contribution >= 4 is 16.7 Å². The molecule has 1 aliphatic rings. The van der Waals surface area contributed by atoms with Crippen LogP contribution in [0.5, 0.6) is 0 Å². The number of amides is 1. The number of carbonyl (C=O) groups is 1. The largest absolute Gasteiger partial charge is 0.352 e. The molecule has 1 rings (SSSR count). The van der Waals surface area contributed by atoms with E-state index in [1.807, 2.05) is 20.8 Å². The van der Waals surface area contributed by atoms with Gasteiger partial charge in [-0.05, 0) is 18.3 Å². The van der Waals surface area contributed by atoms with Crippen molar-refractivity contribution in [2.24, 2.45) is 11.1 Å². The van der Waals surface area contributed by atoms with Crippen LogP contribution in [0.4, 0.5) is 0 Å². The Morgan fingerprint density at radius 3 is 2.31 bits per heavy atom. The van der Waals surface area contributed by atoms with Crippen molar-refractivity contribution in [2.75, 3.05) is 11.5 Å². The lowest BCUT2D eigenvalue weighted by Crippen LogP contribution is -2.52. The van der Waals surface area contributed by atoms with Crippen molar-refractivity contribution in [2.45, 2.75) is 45.7 Å². The van der Waals surface area contributed by atoms with E-state index in [0.29, 0.717) is 11.5 Å². The number of hydrogen-bond donors (Lipinski definition) is 2. The minimum absolute atomic E-state index is 0.0924. The minimum atomic E-state index is -0.686. The fourth-order valence-electron chi connectivity index (χ4n) is 1.62. The molecule has 4 nitrogen and oxygen atoms in total. The molecule has 1 aliphatic heterocycles. The number of carbonyl (C=O) groups excluding carboxylic acids is 1. The summed E-state index contributed by atoms with van der Waals surface area (Å²) in [6.45, 7) is 5.85. The molecule has 5 heteroatoms. The van der Waals surface area contributed by atoms with E-state index in [1.54, 1.807) is 0 Å². The molecule has 0 spiro atoms. The van der Waals surface area contributed by atoms with E-state index >= 15 is 0 Å². The van der Waals surface area contributed by atoms with Gasteiger partial charge in [0.25, 0.3) is 0 Å². The minimum Gasteiger partial charge on any atom is -0.352 e. The summed E-state index contributed by atoms with van der Waals surface area (Å²) in [5.41, 5.74) is 5.65. The van der Waals surface area contributed by atoms with Crippen molar-refractivity contribution in [1.82, 2.24) is 5.32 Å². The fraction of sp³-hybridized carbons (Fsp3) is 0.909. The molecule has 0 aromatic rings. The standard InChI is InChI=1S/C11H22N2O2S/c1-11(2,3)9(12)10(14)13-8-4-6-16(15)7-5-8/h8-9H,4-7,12H2,1-3H3,(H,13,14). The van der Waals surface area contributed by atoms with Gasteiger partial charge in [-0.15, -0.1) is 0 Å². The highest BCUT2D eigenvalue weighted by Crippen LogP contribution is 2.18. The van der Waals surface area contributed by atoms with E-state index in [0.717, 1.165) is 12.8 Å². The summed E-state index contributed by atoms with van der Waals surface area (Å²) in [6.07, 6.45) is 1.60. The van der Waals surface area contributed by atoms with Gasteiger partial charge >= 0.3 is 0 Å². The normalized spacial score (nSPS) is 28.5. The zero-order valence-electron chi connectivity index (χ0n) is 10.3. The van der Waals surface area contributed by atoms with Crippen molar-refractivity contribution in [1.29, 1.82) is 0 Å². The maximum Gasteiger partial charge on any atom is 0.237 e. The maximum atomic E-state index is 11.8. The fourth-order valence-corrected chi connectivity index (χ4v) is 2.92. The van der Waals surface area contributed by atoms with Gasteiger partial charge in [0.05, 0.1) is 6.04 Å². The van der Waals surface area contributed by atoms with Crippen LogP contribution in [0.1, 0.15) is 33.6 Å². The first-order valence-electron chi connectivity index (χ1n) is 5.71. The van der Waals surface area contributed by atoms with Gasteiger partial charge in [0.2, 0.25) is 5.91 Å². The molecule has 0 aromatic carbocycles. The van der Waals surface area contributed by atoms with Crippen LogP contribution >= 0.6 is 0 Å². The molecule has 1 unspecified atom stereocenters. The summed E-state index contributed by atoms with van der Waals surface area (Å²) in [5, 5.41) is 2.95. The zero-order valence-corrected chi connectivity index (χ0v) is 11.1. The number of hydrogen-bond acceptors (Lipinski definition) is 3. The Morgan fingerprint density at radius 2 is 1.88 bits per heavy atom. The summed E-state index contributed by atoms with van der Waals surface area (Å²) in [7, 11) is -0.686. The molecule has 0 saturated carbocycles. The van der Waals surface area contributed by atoms with Crippen molar-refractivity contribution in [3.05, 3.63) is 0 Å². The molecule has 0 aromatic heterocycles. The molecule has 1 heterocycles. The second-order valence-electron chi connectivity index (χ2n) is 5.47. The molecule has 1 saturated heterocycles. The summed E-state index contributed by atoms with van der Waals surface area (Å²) >= 11 is 0. The monoisotopic (exact) mass is 246 g/mol. The van der Waals surface area contributed by atoms with Crippen LogP contribution in [-0.2, 0) is 15.6 Å². The van der Waals surface area contributed by atoms with E-state index in [-0.39, 0.29) is 17.4 Å². The zero-order chi connectivity index (χ0) is 12.3. The van der Waals surface area contributed by atoms with Gasteiger partial charge in [-0.25, -0.2) is 0 Å². The SMILES string of the molecule is CC(C)(C)C(N)C(=O)NC1CCS(=O)CC1. The third-order valence-corrected chi connectivity index (χ3v) is 4.33. The Bertz CT molecular complexity index is 276. The number of rotatable bonds is 2. The lowest BCUT2D eigenvalue weighted by molar-refractivity contribution is -0.125. The van der Waals surface area contributed by atoms with Crippen LogP contribution in [-0.4, -0.2) is 33.7 Å². The average molecular weight is 246 g/mol. The van der Waals surface area contributed by atoms with Gasteiger partial charge < -0.3 is 11.1 Å². The predicted octanol–water partition coefficient (Wildman–Crippen LogP) is 0.387. The van der Waals surface area contributed by atoms with Gasteiger partial charge in [-0.1, -0.05) is 20.8 Å². The molecule has 1 amide bonds. The van der Waals surface area contributed by atoms with Gasteiger partial charge in [-0.3, -0.25) is 9.00 Å². The predicted molar refractivity (Wildman–Crippen MR) is 66.5 cm³/mol. The Morgan fingerprint density at radius 1 is 1.38 bits per heavy atom. The van der Waals surface area contributed by atoms with Gasteiger partial charge in [0, 0.05) is 28.3 Å². The Hall–Kier alpha value is -0.420. The first-order chi connectivity index (χ1) is 7.30. The van der Waals surface area contributed by atoms with E-state index in [9.17, 15) is 9.00 Å². The topological polar surface area (TPSA) is 72.2 Å². The molecular formula is C11H22N2O2S. The highest BCUT2D eigenvalue weighted by Gasteiger charge is 2.29. The second-order valence-corrected chi connectivity index (χ2v) is 7.17. The third kappa shape index (κ3) is 3.87. The van der Waals surface area contributed by atoms with E-state index < -0.39 is 16.8 Å². The van der Waals surface area contributed by atoms with Crippen molar-refractivity contribution in [3.63, 3.8) is 0 Å². The summed E-state index contributed by atoms with van der Waals surface area (Å²) in [5.74, 6) is 1.29. The Labute approximate surface area is 99.8 Å².